The Kier molecular flexibility index (Phi) is 5.79. The molecule has 2 saturated heterocycles. The molecule has 2 atom stereocenters. The normalized spacial score (nSPS) is 25.3. The average Bonchev–Trinajstić information content (AvgIpc) is 3.35. The van der Waals surface area contributed by atoms with Gasteiger partial charge in [-0.1, -0.05) is 37.3 Å². The monoisotopic (exact) mass is 418 g/mol. The fourth-order valence-corrected chi connectivity index (χ4v) is 5.74. The third kappa shape index (κ3) is 4.40. The van der Waals surface area contributed by atoms with Crippen molar-refractivity contribution in [2.24, 2.45) is 12.5 Å². The number of rotatable bonds is 6. The number of benzene rings is 1. The highest BCUT2D eigenvalue weighted by molar-refractivity contribution is 7.89. The fourth-order valence-electron chi connectivity index (χ4n) is 4.28. The maximum Gasteiger partial charge on any atom is 0.262 e. The predicted molar refractivity (Wildman–Crippen MR) is 111 cm³/mol. The van der Waals surface area contributed by atoms with E-state index >= 15 is 0 Å². The van der Waals surface area contributed by atoms with E-state index in [1.165, 1.54) is 11.9 Å². The van der Waals surface area contributed by atoms with Crippen molar-refractivity contribution in [3.05, 3.63) is 48.4 Å². The lowest BCUT2D eigenvalue weighted by atomic mass is 9.82. The first kappa shape index (κ1) is 20.5. The minimum Gasteiger partial charge on any atom is -0.381 e. The van der Waals surface area contributed by atoms with Crippen LogP contribution in [0.1, 0.15) is 31.2 Å². The van der Waals surface area contributed by atoms with Crippen LogP contribution >= 0.6 is 0 Å². The van der Waals surface area contributed by atoms with E-state index in [2.05, 4.69) is 29.4 Å². The zero-order valence-electron chi connectivity index (χ0n) is 17.1. The molecule has 1 N–H and O–H groups in total. The maximum atomic E-state index is 13.1. The lowest BCUT2D eigenvalue weighted by Gasteiger charge is -2.35. The van der Waals surface area contributed by atoms with Gasteiger partial charge in [-0.2, -0.15) is 4.31 Å². The Bertz CT molecular complexity index is 922. The summed E-state index contributed by atoms with van der Waals surface area (Å²) in [5, 5.41) is 3.83. The van der Waals surface area contributed by atoms with E-state index in [1.54, 1.807) is 22.1 Å². The van der Waals surface area contributed by atoms with Gasteiger partial charge >= 0.3 is 0 Å². The SMILES string of the molecule is Cn1cnc(S(=O)(=O)N2CC(NCC3(C)CCOCC3)C(c3ccccc3)C2)c1. The zero-order chi connectivity index (χ0) is 20.5. The Morgan fingerprint density at radius 2 is 1.93 bits per heavy atom. The summed E-state index contributed by atoms with van der Waals surface area (Å²) in [4.78, 5) is 4.08. The molecule has 2 aromatic rings. The highest BCUT2D eigenvalue weighted by atomic mass is 32.2. The van der Waals surface area contributed by atoms with Gasteiger partial charge in [-0.3, -0.25) is 0 Å². The number of imidazole rings is 1. The van der Waals surface area contributed by atoms with Crippen molar-refractivity contribution < 1.29 is 13.2 Å². The zero-order valence-corrected chi connectivity index (χ0v) is 17.9. The molecule has 1 aromatic heterocycles. The molecule has 0 saturated carbocycles. The molecular formula is C21H30N4O3S. The lowest BCUT2D eigenvalue weighted by molar-refractivity contribution is 0.0229. The highest BCUT2D eigenvalue weighted by Crippen LogP contribution is 2.33. The summed E-state index contributed by atoms with van der Waals surface area (Å²) in [6.45, 7) is 5.65. The number of nitrogens with one attached hydrogen (secondary N) is 1. The van der Waals surface area contributed by atoms with Crippen LogP contribution in [0.4, 0.5) is 0 Å². The summed E-state index contributed by atoms with van der Waals surface area (Å²) in [6, 6.07) is 10.3. The van der Waals surface area contributed by atoms with Gasteiger partial charge < -0.3 is 14.6 Å². The fraction of sp³-hybridized carbons (Fsp3) is 0.571. The van der Waals surface area contributed by atoms with E-state index in [4.69, 9.17) is 4.74 Å². The second-order valence-corrected chi connectivity index (χ2v) is 10.5. The molecule has 3 heterocycles. The topological polar surface area (TPSA) is 76.5 Å². The van der Waals surface area contributed by atoms with Crippen molar-refractivity contribution >= 4 is 10.0 Å². The smallest absolute Gasteiger partial charge is 0.262 e. The molecule has 158 valence electrons. The Balaban J connectivity index is 1.54. The molecule has 29 heavy (non-hydrogen) atoms. The first-order valence-corrected chi connectivity index (χ1v) is 11.7. The maximum absolute atomic E-state index is 13.1. The molecule has 1 aromatic carbocycles. The van der Waals surface area contributed by atoms with Gasteiger partial charge in [0.05, 0.1) is 6.33 Å². The quantitative estimate of drug-likeness (QED) is 0.776. The molecule has 4 rings (SSSR count). The Labute approximate surface area is 173 Å². The van der Waals surface area contributed by atoms with Crippen molar-refractivity contribution in [1.82, 2.24) is 19.2 Å². The van der Waals surface area contributed by atoms with Crippen molar-refractivity contribution in [2.75, 3.05) is 32.8 Å². The minimum atomic E-state index is -3.61. The van der Waals surface area contributed by atoms with Crippen LogP contribution < -0.4 is 5.32 Å². The van der Waals surface area contributed by atoms with E-state index in [0.29, 0.717) is 13.1 Å². The van der Waals surface area contributed by atoms with E-state index in [9.17, 15) is 8.42 Å². The van der Waals surface area contributed by atoms with Gasteiger partial charge in [0.15, 0.2) is 5.03 Å². The molecule has 8 heteroatoms. The molecule has 2 aliphatic rings. The molecule has 0 amide bonds. The van der Waals surface area contributed by atoms with Crippen LogP contribution in [0.5, 0.6) is 0 Å². The van der Waals surface area contributed by atoms with Gasteiger partial charge in [0.25, 0.3) is 10.0 Å². The van der Waals surface area contributed by atoms with Crippen molar-refractivity contribution in [2.45, 2.75) is 36.8 Å². The Morgan fingerprint density at radius 1 is 1.21 bits per heavy atom. The van der Waals surface area contributed by atoms with Crippen LogP contribution in [0.15, 0.2) is 47.9 Å². The van der Waals surface area contributed by atoms with E-state index in [0.717, 1.165) is 32.6 Å². The van der Waals surface area contributed by atoms with Crippen LogP contribution in [0.3, 0.4) is 0 Å². The van der Waals surface area contributed by atoms with Crippen molar-refractivity contribution in [1.29, 1.82) is 0 Å². The highest BCUT2D eigenvalue weighted by Gasteiger charge is 2.41. The number of ether oxygens (including phenoxy) is 1. The molecule has 2 fully saturated rings. The molecule has 2 aliphatic heterocycles. The lowest BCUT2D eigenvalue weighted by Crippen LogP contribution is -2.44. The second kappa shape index (κ2) is 8.18. The molecule has 2 unspecified atom stereocenters. The van der Waals surface area contributed by atoms with Crippen LogP contribution in [-0.2, 0) is 21.8 Å². The largest absolute Gasteiger partial charge is 0.381 e. The first-order chi connectivity index (χ1) is 13.9. The second-order valence-electron chi connectivity index (χ2n) is 8.63. The van der Waals surface area contributed by atoms with Gasteiger partial charge in [0.2, 0.25) is 0 Å². The molecule has 0 bridgehead atoms. The third-order valence-electron chi connectivity index (χ3n) is 6.29. The van der Waals surface area contributed by atoms with Crippen LogP contribution in [0.2, 0.25) is 0 Å². The molecule has 0 radical (unpaired) electrons. The number of nitrogens with zero attached hydrogens (tertiary/aromatic N) is 3. The van der Waals surface area contributed by atoms with E-state index in [-0.39, 0.29) is 22.4 Å². The van der Waals surface area contributed by atoms with Crippen molar-refractivity contribution in [3.8, 4) is 0 Å². The van der Waals surface area contributed by atoms with Crippen LogP contribution in [0, 0.1) is 5.41 Å². The first-order valence-electron chi connectivity index (χ1n) is 10.2. The van der Waals surface area contributed by atoms with Gasteiger partial charge in [0, 0.05) is 58.1 Å². The van der Waals surface area contributed by atoms with E-state index < -0.39 is 10.0 Å². The number of hydrogen-bond donors (Lipinski definition) is 1. The summed E-state index contributed by atoms with van der Waals surface area (Å²) in [5.74, 6) is 0.109. The van der Waals surface area contributed by atoms with Gasteiger partial charge in [-0.25, -0.2) is 13.4 Å². The summed E-state index contributed by atoms with van der Waals surface area (Å²) in [6.07, 6.45) is 5.15. The number of hydrogen-bond acceptors (Lipinski definition) is 5. The summed E-state index contributed by atoms with van der Waals surface area (Å²) in [5.41, 5.74) is 1.35. The molecule has 7 nitrogen and oxygen atoms in total. The summed E-state index contributed by atoms with van der Waals surface area (Å²) >= 11 is 0. The van der Waals surface area contributed by atoms with Crippen molar-refractivity contribution in [3.63, 3.8) is 0 Å². The number of aryl methyl sites for hydroxylation is 1. The standard InChI is InChI=1S/C21H30N4O3S/c1-21(8-10-28-11-9-21)15-22-19-13-25(12-18(19)17-6-4-3-5-7-17)29(26,27)20-14-24(2)16-23-20/h3-7,14,16,18-19,22H,8-13,15H2,1-2H3. The van der Waals surface area contributed by atoms with Gasteiger partial charge in [-0.15, -0.1) is 0 Å². The van der Waals surface area contributed by atoms with Gasteiger partial charge in [0.1, 0.15) is 0 Å². The number of sulfonamides is 1. The molecule has 0 spiro atoms. The molecular weight excluding hydrogens is 388 g/mol. The Hall–Kier alpha value is -1.74. The van der Waals surface area contributed by atoms with Gasteiger partial charge in [-0.05, 0) is 23.8 Å². The molecule has 0 aliphatic carbocycles. The summed E-state index contributed by atoms with van der Waals surface area (Å²) < 4.78 is 35.1. The minimum absolute atomic E-state index is 0.0653. The average molecular weight is 419 g/mol. The third-order valence-corrected chi connectivity index (χ3v) is 8.01. The van der Waals surface area contributed by atoms with Crippen LogP contribution in [-0.4, -0.2) is 61.2 Å². The Morgan fingerprint density at radius 3 is 2.59 bits per heavy atom. The summed E-state index contributed by atoms with van der Waals surface area (Å²) in [7, 11) is -1.83. The van der Waals surface area contributed by atoms with E-state index in [1.807, 2.05) is 18.2 Å². The predicted octanol–water partition coefficient (Wildman–Crippen LogP) is 1.98. The van der Waals surface area contributed by atoms with Crippen LogP contribution in [0.25, 0.3) is 0 Å². The number of aromatic nitrogens is 2.